The van der Waals surface area contributed by atoms with E-state index in [1.807, 2.05) is 0 Å². The van der Waals surface area contributed by atoms with Gasteiger partial charge in [-0.25, -0.2) is 18.5 Å². The van der Waals surface area contributed by atoms with Crippen LogP contribution in [0.5, 0.6) is 5.75 Å². The summed E-state index contributed by atoms with van der Waals surface area (Å²) in [6.45, 7) is -0.861. The van der Waals surface area contributed by atoms with Crippen LogP contribution in [0.3, 0.4) is 0 Å². The van der Waals surface area contributed by atoms with E-state index in [4.69, 9.17) is 24.7 Å². The van der Waals surface area contributed by atoms with E-state index in [1.165, 1.54) is 59.3 Å². The van der Waals surface area contributed by atoms with Crippen LogP contribution in [-0.2, 0) is 36.4 Å². The molecule has 2 amide bonds. The molecule has 4 heterocycles. The van der Waals surface area contributed by atoms with Crippen molar-refractivity contribution in [3.63, 3.8) is 0 Å². The summed E-state index contributed by atoms with van der Waals surface area (Å²) in [6.07, 6.45) is -1.21. The number of carbonyl (C=O) groups excluding carboxylic acids is 2. The number of aromatic carboxylic acids is 1. The topological polar surface area (TPSA) is 412 Å². The number of aromatic hydroxyl groups is 1. The molecule has 2 aromatic carbocycles. The Hall–Kier alpha value is -6.55. The number of phenolic OH excluding ortho intramolecular Hbond substituents is 1. The highest BCUT2D eigenvalue weighted by Gasteiger charge is 2.43. The van der Waals surface area contributed by atoms with Crippen molar-refractivity contribution < 1.29 is 85.3 Å². The van der Waals surface area contributed by atoms with E-state index in [-0.39, 0.29) is 93.6 Å². The van der Waals surface area contributed by atoms with E-state index in [1.54, 1.807) is 6.07 Å². The number of H-pyrrole nitrogens is 1. The number of phosphoric acid groups is 3. The Morgan fingerprint density at radius 2 is 1.71 bits per heavy atom. The smallest absolute Gasteiger partial charge is 0.490 e. The SMILES string of the molecule is Nc1nc2c(c(C#CCNC(=O)CCCCCNC(=O)c3ccc(C(=O)O)c(-c4c5ccc(=O)cc-5oc5cc(O)ccc45)c3)cn2[C@H]2C[C@H](O)[C@@H](COP(=O)(O)OP(=O)(O)OP(=O)(O)O)O2)c(=O)[nH]1. The van der Waals surface area contributed by atoms with Gasteiger partial charge in [0.25, 0.3) is 11.5 Å². The summed E-state index contributed by atoms with van der Waals surface area (Å²) >= 11 is 0. The highest BCUT2D eigenvalue weighted by atomic mass is 31.3. The Labute approximate surface area is 392 Å². The van der Waals surface area contributed by atoms with Crippen LogP contribution in [0.1, 0.15) is 64.6 Å². The molecule has 70 heavy (non-hydrogen) atoms. The van der Waals surface area contributed by atoms with Gasteiger partial charge in [0, 0.05) is 59.8 Å². The van der Waals surface area contributed by atoms with Gasteiger partial charge in [0.15, 0.2) is 11.1 Å². The van der Waals surface area contributed by atoms with Crippen LogP contribution in [0.2, 0.25) is 0 Å². The Kier molecular flexibility index (Phi) is 15.3. The minimum absolute atomic E-state index is 0.0353. The number of nitrogens with zero attached hydrogens (tertiary/aromatic N) is 2. The first-order valence-electron chi connectivity index (χ1n) is 20.6. The van der Waals surface area contributed by atoms with E-state index in [2.05, 4.69) is 45.6 Å². The van der Waals surface area contributed by atoms with Crippen LogP contribution >= 0.6 is 23.5 Å². The van der Waals surface area contributed by atoms with Gasteiger partial charge in [-0.3, -0.25) is 28.7 Å². The molecule has 1 saturated heterocycles. The summed E-state index contributed by atoms with van der Waals surface area (Å²) < 4.78 is 59.6. The number of aliphatic hydroxyl groups excluding tert-OH is 1. The van der Waals surface area contributed by atoms with Crippen molar-refractivity contribution in [1.29, 1.82) is 0 Å². The number of amides is 2. The average molecular weight is 1030 g/mol. The number of fused-ring (bicyclic) bond motifs is 3. The predicted molar refractivity (Wildman–Crippen MR) is 243 cm³/mol. The molecule has 3 aliphatic rings. The van der Waals surface area contributed by atoms with Crippen LogP contribution in [0.4, 0.5) is 5.95 Å². The quantitative estimate of drug-likeness (QED) is 0.0255. The summed E-state index contributed by atoms with van der Waals surface area (Å²) in [6, 6.07) is 12.5. The normalized spacial score (nSPS) is 17.7. The third kappa shape index (κ3) is 12.4. The molecule has 0 spiro atoms. The monoisotopic (exact) mass is 1030 g/mol. The number of benzene rings is 3. The number of hydrogen-bond acceptors (Lipinski definition) is 17. The second-order valence-corrected chi connectivity index (χ2v) is 19.9. The molecule has 2 aromatic heterocycles. The molecule has 29 heteroatoms. The number of carbonyl (C=O) groups is 3. The molecule has 12 N–H and O–H groups in total. The number of anilines is 1. The molecule has 1 fully saturated rings. The summed E-state index contributed by atoms with van der Waals surface area (Å²) in [7, 11) is -17.0. The fraction of sp³-hybridized carbons (Fsp3) is 0.268. The number of nitrogen functional groups attached to an aromatic ring is 1. The van der Waals surface area contributed by atoms with Crippen LogP contribution < -0.4 is 27.4 Å². The van der Waals surface area contributed by atoms with Gasteiger partial charge >= 0.3 is 29.4 Å². The second-order valence-electron chi connectivity index (χ2n) is 15.4. The molecule has 5 atom stereocenters. The molecular weight excluding hydrogens is 989 g/mol. The first-order chi connectivity index (χ1) is 33.0. The number of hydrogen-bond donors (Lipinski definition) is 11. The van der Waals surface area contributed by atoms with Gasteiger partial charge in [-0.05, 0) is 60.9 Å². The average Bonchev–Trinajstić information content (AvgIpc) is 3.82. The molecular formula is C41H41N6O20P3. The number of unbranched alkanes of at least 4 members (excludes halogenated alkanes) is 2. The van der Waals surface area contributed by atoms with Crippen LogP contribution in [-0.4, -0.2) is 99.1 Å². The summed E-state index contributed by atoms with van der Waals surface area (Å²) in [5, 5.41) is 36.7. The predicted octanol–water partition coefficient (Wildman–Crippen LogP) is 3.04. The standard InChI is InChI=1S/C41H41N6O20P3/c42-41-45-37-35(39(53)46-41)22(19-47(37)34-18-29(50)32(65-34)20-63-69(59,60)67-70(61,62)66-68(56,57)58)5-4-14-43-33(51)6-2-1-3-13-44-38(52)21-7-10-25(40(54)55)28(15-21)36-26-11-8-23(48)16-30(26)64-31-17-24(49)9-12-27(31)36/h7-12,15-17,19,29,32,34,48,50H,1-3,6,13-14,18,20H2,(H,43,51)(H,44,52)(H,54,55)(H,59,60)(H,61,62)(H2,56,57,58)(H3,42,45,46,53)/t29-,32+,34+/m0/s1. The summed E-state index contributed by atoms with van der Waals surface area (Å²) in [5.41, 5.74) is 6.02. The molecule has 2 aliphatic heterocycles. The largest absolute Gasteiger partial charge is 0.508 e. The maximum atomic E-state index is 13.3. The van der Waals surface area contributed by atoms with Crippen molar-refractivity contribution in [2.24, 2.45) is 0 Å². The zero-order valence-corrected chi connectivity index (χ0v) is 38.6. The summed E-state index contributed by atoms with van der Waals surface area (Å²) in [5.74, 6) is 3.17. The molecule has 0 radical (unpaired) electrons. The lowest BCUT2D eigenvalue weighted by Crippen LogP contribution is -2.26. The van der Waals surface area contributed by atoms with Gasteiger partial charge < -0.3 is 65.0 Å². The van der Waals surface area contributed by atoms with Crippen molar-refractivity contribution in [2.45, 2.75) is 50.5 Å². The number of aliphatic hydroxyl groups is 1. The molecule has 7 rings (SSSR count). The second kappa shape index (κ2) is 20.8. The highest BCUT2D eigenvalue weighted by molar-refractivity contribution is 7.66. The van der Waals surface area contributed by atoms with Gasteiger partial charge in [0.2, 0.25) is 11.9 Å². The van der Waals surface area contributed by atoms with E-state index < -0.39 is 65.9 Å². The maximum Gasteiger partial charge on any atom is 0.490 e. The van der Waals surface area contributed by atoms with Gasteiger partial charge in [-0.2, -0.15) is 13.6 Å². The minimum atomic E-state index is -5.80. The fourth-order valence-corrected chi connectivity index (χ4v) is 10.5. The Morgan fingerprint density at radius 1 is 0.943 bits per heavy atom. The number of nitrogens with one attached hydrogen (secondary N) is 3. The molecule has 1 aliphatic carbocycles. The van der Waals surface area contributed by atoms with Crippen molar-refractivity contribution in [1.82, 2.24) is 25.2 Å². The number of ether oxygens (including phenoxy) is 1. The molecule has 4 aromatic rings. The third-order valence-electron chi connectivity index (χ3n) is 10.5. The van der Waals surface area contributed by atoms with Crippen LogP contribution in [0.15, 0.2) is 74.8 Å². The molecule has 370 valence electrons. The van der Waals surface area contributed by atoms with Crippen molar-refractivity contribution in [3.05, 3.63) is 98.1 Å². The zero-order chi connectivity index (χ0) is 50.7. The Morgan fingerprint density at radius 3 is 2.46 bits per heavy atom. The van der Waals surface area contributed by atoms with Crippen LogP contribution in [0, 0.1) is 11.8 Å². The van der Waals surface area contributed by atoms with Gasteiger partial charge in [-0.1, -0.05) is 18.3 Å². The number of carboxylic acid groups (broad SMARTS) is 1. The number of rotatable bonds is 18. The number of aromatic nitrogens is 3. The Bertz CT molecular complexity index is 3340. The minimum Gasteiger partial charge on any atom is -0.508 e. The lowest BCUT2D eigenvalue weighted by molar-refractivity contribution is -0.121. The first-order valence-corrected chi connectivity index (χ1v) is 25.1. The van der Waals surface area contributed by atoms with Crippen molar-refractivity contribution in [2.75, 3.05) is 25.4 Å². The van der Waals surface area contributed by atoms with E-state index in [0.717, 1.165) is 0 Å². The number of phosphoric ester groups is 1. The lowest BCUT2D eigenvalue weighted by Gasteiger charge is -2.19. The van der Waals surface area contributed by atoms with Crippen molar-refractivity contribution >= 4 is 69.2 Å². The van der Waals surface area contributed by atoms with Gasteiger partial charge in [0.05, 0.1) is 35.8 Å². The maximum absolute atomic E-state index is 13.3. The number of phenols is 1. The van der Waals surface area contributed by atoms with E-state index in [9.17, 15) is 62.8 Å². The van der Waals surface area contributed by atoms with Gasteiger partial charge in [-0.15, -0.1) is 0 Å². The molecule has 0 bridgehead atoms. The summed E-state index contributed by atoms with van der Waals surface area (Å²) in [4.78, 5) is 107. The molecule has 2 unspecified atom stereocenters. The molecule has 0 saturated carbocycles. The fourth-order valence-electron chi connectivity index (χ4n) is 7.48. The van der Waals surface area contributed by atoms with E-state index >= 15 is 0 Å². The number of carboxylic acids is 1. The first kappa shape index (κ1) is 51.3. The van der Waals surface area contributed by atoms with Crippen molar-refractivity contribution in [3.8, 4) is 40.0 Å². The van der Waals surface area contributed by atoms with Gasteiger partial charge in [0.1, 0.15) is 29.4 Å². The zero-order valence-electron chi connectivity index (χ0n) is 35.9. The van der Waals surface area contributed by atoms with Crippen LogP contribution in [0.25, 0.3) is 44.5 Å². The third-order valence-corrected chi connectivity index (χ3v) is 14.3. The highest BCUT2D eigenvalue weighted by Crippen LogP contribution is 2.66. The number of aromatic amines is 1. The Balaban J connectivity index is 0.912. The lowest BCUT2D eigenvalue weighted by atomic mass is 9.89. The van der Waals surface area contributed by atoms with E-state index in [0.29, 0.717) is 35.8 Å². The number of nitrogens with two attached hydrogens (primary N) is 1. The molecule has 26 nitrogen and oxygen atoms in total.